The molecule has 0 bridgehead atoms. The smallest absolute Gasteiger partial charge is 0.243 e. The molecule has 0 saturated carbocycles. The van der Waals surface area contributed by atoms with Crippen LogP contribution in [0.5, 0.6) is 5.75 Å². The van der Waals surface area contributed by atoms with Crippen molar-refractivity contribution >= 4 is 37.5 Å². The predicted octanol–water partition coefficient (Wildman–Crippen LogP) is 5.32. The normalized spacial score (nSPS) is 15.3. The molecule has 184 valence electrons. The highest BCUT2D eigenvalue weighted by Crippen LogP contribution is 2.34. The lowest BCUT2D eigenvalue weighted by Gasteiger charge is -2.28. The van der Waals surface area contributed by atoms with E-state index in [1.807, 2.05) is 69.3 Å². The zero-order valence-electron chi connectivity index (χ0n) is 20.1. The average Bonchev–Trinajstić information content (AvgIpc) is 3.15. The van der Waals surface area contributed by atoms with Crippen molar-refractivity contribution in [2.75, 3.05) is 18.1 Å². The number of sulfonamides is 1. The first kappa shape index (κ1) is 25.4. The minimum atomic E-state index is -3.96. The summed E-state index contributed by atoms with van der Waals surface area (Å²) in [5, 5.41) is 0. The molecule has 6 nitrogen and oxygen atoms in total. The molecule has 0 aliphatic carbocycles. The van der Waals surface area contributed by atoms with Gasteiger partial charge in [0.1, 0.15) is 5.75 Å². The molecule has 0 N–H and O–H groups in total. The van der Waals surface area contributed by atoms with E-state index >= 15 is 0 Å². The Hall–Kier alpha value is -2.68. The van der Waals surface area contributed by atoms with E-state index < -0.39 is 10.0 Å². The number of rotatable bonds is 8. The Morgan fingerprint density at radius 3 is 2.54 bits per heavy atom. The van der Waals surface area contributed by atoms with E-state index in [1.165, 1.54) is 4.31 Å². The lowest BCUT2D eigenvalue weighted by atomic mass is 10.1. The molecular weight excluding hydrogens is 528 g/mol. The zero-order chi connectivity index (χ0) is 25.2. The third-order valence-corrected chi connectivity index (χ3v) is 8.40. The summed E-state index contributed by atoms with van der Waals surface area (Å²) < 4.78 is 35.4. The van der Waals surface area contributed by atoms with Crippen LogP contribution in [0.1, 0.15) is 30.5 Å². The largest absolute Gasteiger partial charge is 0.494 e. The molecule has 0 radical (unpaired) electrons. The van der Waals surface area contributed by atoms with Crippen LogP contribution in [0.3, 0.4) is 0 Å². The predicted molar refractivity (Wildman–Crippen MR) is 141 cm³/mol. The van der Waals surface area contributed by atoms with Crippen molar-refractivity contribution < 1.29 is 17.9 Å². The third-order valence-electron chi connectivity index (χ3n) is 6.12. The number of aryl methyl sites for hydroxylation is 1. The molecule has 0 aromatic heterocycles. The zero-order valence-corrected chi connectivity index (χ0v) is 22.5. The van der Waals surface area contributed by atoms with E-state index in [-0.39, 0.29) is 29.9 Å². The fourth-order valence-corrected chi connectivity index (χ4v) is 6.34. The second-order valence-electron chi connectivity index (χ2n) is 8.71. The van der Waals surface area contributed by atoms with Crippen molar-refractivity contribution in [3.63, 3.8) is 0 Å². The van der Waals surface area contributed by atoms with Gasteiger partial charge in [-0.3, -0.25) is 4.79 Å². The van der Waals surface area contributed by atoms with E-state index in [0.717, 1.165) is 33.3 Å². The molecule has 35 heavy (non-hydrogen) atoms. The maximum Gasteiger partial charge on any atom is 0.243 e. The van der Waals surface area contributed by atoms with Crippen LogP contribution in [-0.4, -0.2) is 37.8 Å². The van der Waals surface area contributed by atoms with Crippen molar-refractivity contribution in [1.82, 2.24) is 4.31 Å². The van der Waals surface area contributed by atoms with E-state index in [1.54, 1.807) is 23.1 Å². The van der Waals surface area contributed by atoms with E-state index in [4.69, 9.17) is 4.74 Å². The average molecular weight is 558 g/mol. The summed E-state index contributed by atoms with van der Waals surface area (Å²) in [6, 6.07) is 19.9. The highest BCUT2D eigenvalue weighted by Gasteiger charge is 2.35. The van der Waals surface area contributed by atoms with Gasteiger partial charge in [0.05, 0.1) is 18.0 Å². The fourth-order valence-electron chi connectivity index (χ4n) is 4.47. The molecule has 0 fully saturated rings. The van der Waals surface area contributed by atoms with Crippen LogP contribution < -0.4 is 9.64 Å². The fraction of sp³-hybridized carbons (Fsp3) is 0.296. The Morgan fingerprint density at radius 2 is 1.86 bits per heavy atom. The number of benzene rings is 3. The molecule has 3 aromatic carbocycles. The number of carbonyl (C=O) groups excluding carboxylic acids is 1. The molecule has 4 rings (SSSR count). The van der Waals surface area contributed by atoms with Crippen molar-refractivity contribution in [2.45, 2.75) is 44.7 Å². The number of amides is 1. The molecule has 0 unspecified atom stereocenters. The van der Waals surface area contributed by atoms with Crippen molar-refractivity contribution in [2.24, 2.45) is 0 Å². The summed E-state index contributed by atoms with van der Waals surface area (Å²) in [5.74, 6) is 0.395. The second kappa shape index (κ2) is 10.5. The first-order valence-corrected chi connectivity index (χ1v) is 13.8. The number of ether oxygens (including phenoxy) is 1. The van der Waals surface area contributed by atoms with Crippen molar-refractivity contribution in [3.8, 4) is 5.75 Å². The quantitative estimate of drug-likeness (QED) is 0.376. The molecule has 3 aromatic rings. The van der Waals surface area contributed by atoms with E-state index in [9.17, 15) is 13.2 Å². The van der Waals surface area contributed by atoms with Crippen LogP contribution in [0, 0.1) is 6.92 Å². The van der Waals surface area contributed by atoms with Crippen molar-refractivity contribution in [3.05, 3.63) is 87.9 Å². The topological polar surface area (TPSA) is 66.9 Å². The number of nitrogens with zero attached hydrogens (tertiary/aromatic N) is 2. The van der Waals surface area contributed by atoms with Crippen LogP contribution in [0.2, 0.25) is 0 Å². The Bertz CT molecular complexity index is 1330. The summed E-state index contributed by atoms with van der Waals surface area (Å²) in [7, 11) is -3.96. The van der Waals surface area contributed by atoms with E-state index in [0.29, 0.717) is 12.4 Å². The molecule has 1 amide bonds. The Kier molecular flexibility index (Phi) is 7.64. The van der Waals surface area contributed by atoms with Gasteiger partial charge in [-0.1, -0.05) is 46.3 Å². The highest BCUT2D eigenvalue weighted by atomic mass is 79.9. The number of halogens is 1. The van der Waals surface area contributed by atoms with Crippen molar-refractivity contribution in [1.29, 1.82) is 0 Å². The molecule has 1 atom stereocenters. The summed E-state index contributed by atoms with van der Waals surface area (Å²) in [6.45, 7) is 6.01. The number of hydrogen-bond acceptors (Lipinski definition) is 4. The van der Waals surface area contributed by atoms with Gasteiger partial charge < -0.3 is 9.64 Å². The van der Waals surface area contributed by atoms with Crippen LogP contribution in [0.25, 0.3) is 0 Å². The highest BCUT2D eigenvalue weighted by molar-refractivity contribution is 9.10. The minimum Gasteiger partial charge on any atom is -0.494 e. The Balaban J connectivity index is 1.67. The van der Waals surface area contributed by atoms with Gasteiger partial charge in [0.2, 0.25) is 15.9 Å². The lowest BCUT2D eigenvalue weighted by Crippen LogP contribution is -2.44. The summed E-state index contributed by atoms with van der Waals surface area (Å²) in [5.41, 5.74) is 3.44. The molecule has 8 heteroatoms. The summed E-state index contributed by atoms with van der Waals surface area (Å²) in [6.07, 6.45) is 0.726. The number of carbonyl (C=O) groups is 1. The Labute approximate surface area is 215 Å². The second-order valence-corrected chi connectivity index (χ2v) is 11.6. The van der Waals surface area contributed by atoms with Crippen LogP contribution in [0.4, 0.5) is 5.69 Å². The van der Waals surface area contributed by atoms with E-state index in [2.05, 4.69) is 15.9 Å². The van der Waals surface area contributed by atoms with Gasteiger partial charge in [-0.05, 0) is 80.3 Å². The van der Waals surface area contributed by atoms with Crippen LogP contribution >= 0.6 is 15.9 Å². The maximum atomic E-state index is 13.8. The minimum absolute atomic E-state index is 0.0548. The Morgan fingerprint density at radius 1 is 1.11 bits per heavy atom. The van der Waals surface area contributed by atoms with Gasteiger partial charge in [-0.2, -0.15) is 4.31 Å². The molecule has 1 aliphatic rings. The van der Waals surface area contributed by atoms with Gasteiger partial charge in [0.25, 0.3) is 0 Å². The lowest BCUT2D eigenvalue weighted by molar-refractivity contribution is -0.119. The SMILES string of the molecule is CCOc1ccc(S(=O)(=O)N(CC(=O)N2c3ccc(Br)cc3C[C@@H]2C)Cc2ccccc2)cc1C. The number of hydrogen-bond donors (Lipinski definition) is 0. The van der Waals surface area contributed by atoms with Gasteiger partial charge in [-0.15, -0.1) is 0 Å². The maximum absolute atomic E-state index is 13.8. The molecular formula is C27H29BrN2O4S. The van der Waals surface area contributed by atoms with Gasteiger partial charge >= 0.3 is 0 Å². The molecule has 1 aliphatic heterocycles. The van der Waals surface area contributed by atoms with Gasteiger partial charge in [-0.25, -0.2) is 8.42 Å². The first-order chi connectivity index (χ1) is 16.7. The van der Waals surface area contributed by atoms with Gasteiger partial charge in [0, 0.05) is 22.7 Å². The van der Waals surface area contributed by atoms with Crippen LogP contribution in [-0.2, 0) is 27.8 Å². The molecule has 0 saturated heterocycles. The third kappa shape index (κ3) is 5.44. The number of anilines is 1. The standard InChI is InChI=1S/C27H29BrN2O4S/c1-4-34-26-13-11-24(14-19(26)2)35(32,33)29(17-21-8-6-5-7-9-21)18-27(31)30-20(3)15-22-16-23(28)10-12-25(22)30/h5-14,16,20H,4,15,17-18H2,1-3H3/t20-/m0/s1. The van der Waals surface area contributed by atoms with Gasteiger partial charge in [0.15, 0.2) is 0 Å². The van der Waals surface area contributed by atoms with Crippen LogP contribution in [0.15, 0.2) is 76.1 Å². The summed E-state index contributed by atoms with van der Waals surface area (Å²) >= 11 is 3.49. The number of fused-ring (bicyclic) bond motifs is 1. The molecule has 1 heterocycles. The monoisotopic (exact) mass is 556 g/mol. The molecule has 0 spiro atoms. The first-order valence-electron chi connectivity index (χ1n) is 11.6. The summed E-state index contributed by atoms with van der Waals surface area (Å²) in [4.78, 5) is 15.4.